The number of anilines is 1. The largest absolute Gasteiger partial charge is 0.431 e. The van der Waals surface area contributed by atoms with Gasteiger partial charge in [0.2, 0.25) is 0 Å². The zero-order valence-corrected chi connectivity index (χ0v) is 18.2. The first-order valence-electron chi connectivity index (χ1n) is 10.0. The number of alkyl halides is 6. The molecule has 2 aromatic carbocycles. The highest BCUT2D eigenvalue weighted by atomic mass is 35.5. The van der Waals surface area contributed by atoms with E-state index in [4.69, 9.17) is 11.6 Å². The number of para-hydroxylation sites is 1. The summed E-state index contributed by atoms with van der Waals surface area (Å²) in [6.45, 7) is 0. The van der Waals surface area contributed by atoms with E-state index in [-0.39, 0.29) is 16.3 Å². The molecule has 0 fully saturated rings. The molecule has 4 nitrogen and oxygen atoms in total. The Morgan fingerprint density at radius 1 is 0.886 bits per heavy atom. The van der Waals surface area contributed by atoms with Crippen LogP contribution in [0.5, 0.6) is 0 Å². The van der Waals surface area contributed by atoms with Crippen molar-refractivity contribution in [2.75, 3.05) is 5.01 Å². The maximum absolute atomic E-state index is 13.5. The van der Waals surface area contributed by atoms with Gasteiger partial charge in [-0.1, -0.05) is 29.8 Å². The quantitative estimate of drug-likeness (QED) is 0.392. The highest BCUT2D eigenvalue weighted by Crippen LogP contribution is 2.49. The van der Waals surface area contributed by atoms with Crippen LogP contribution >= 0.6 is 11.6 Å². The van der Waals surface area contributed by atoms with Crippen molar-refractivity contribution < 1.29 is 35.8 Å². The van der Waals surface area contributed by atoms with Crippen molar-refractivity contribution in [3.05, 3.63) is 83.3 Å². The van der Waals surface area contributed by atoms with Crippen molar-refractivity contribution in [3.8, 4) is 11.3 Å². The second kappa shape index (κ2) is 8.80. The van der Waals surface area contributed by atoms with Crippen LogP contribution in [-0.4, -0.2) is 33.8 Å². The monoisotopic (exact) mass is 517 g/mol. The van der Waals surface area contributed by atoms with Gasteiger partial charge in [-0.25, -0.2) is 4.39 Å². The highest BCUT2D eigenvalue weighted by Gasteiger charge is 2.74. The molecule has 184 valence electrons. The van der Waals surface area contributed by atoms with Crippen molar-refractivity contribution in [1.82, 2.24) is 4.98 Å². The third kappa shape index (κ3) is 4.45. The van der Waals surface area contributed by atoms with Crippen LogP contribution in [0.2, 0.25) is 5.02 Å². The standard InChI is InChI=1S/C23H15ClF7N3O/c24-16-3-1-2-4-18(16)34-19(11-20(33-34)21(35,22(26,27)28)23(29,30)31)14-7-10-17(32-12-14)13-5-8-15(25)9-6-13/h1-10,12,19,35H,11H2. The average molecular weight is 518 g/mol. The molecule has 1 atom stereocenters. The number of hydrazone groups is 1. The number of pyridine rings is 1. The van der Waals surface area contributed by atoms with Gasteiger partial charge in [0.25, 0.3) is 5.60 Å². The molecule has 2 heterocycles. The Bertz CT molecular complexity index is 1230. The van der Waals surface area contributed by atoms with E-state index in [0.29, 0.717) is 11.3 Å². The molecule has 1 aliphatic rings. The SMILES string of the molecule is OC(C1=NN(c2ccccc2Cl)C(c2ccc(-c3ccc(F)cc3)nc2)C1)(C(F)(F)F)C(F)(F)F. The molecule has 0 saturated carbocycles. The Kier molecular flexibility index (Phi) is 6.26. The van der Waals surface area contributed by atoms with Crippen LogP contribution in [0, 0.1) is 5.82 Å². The van der Waals surface area contributed by atoms with Crippen LogP contribution in [0.15, 0.2) is 72.0 Å². The predicted octanol–water partition coefficient (Wildman–Crippen LogP) is 6.70. The Balaban J connectivity index is 1.78. The number of benzene rings is 2. The molecule has 1 N–H and O–H groups in total. The minimum atomic E-state index is -6.07. The molecular formula is C23H15ClF7N3O. The van der Waals surface area contributed by atoms with Gasteiger partial charge >= 0.3 is 12.4 Å². The highest BCUT2D eigenvalue weighted by molar-refractivity contribution is 6.33. The summed E-state index contributed by atoms with van der Waals surface area (Å²) >= 11 is 6.15. The Morgan fingerprint density at radius 3 is 2.06 bits per heavy atom. The molecule has 1 aliphatic heterocycles. The first-order chi connectivity index (χ1) is 16.3. The molecule has 1 unspecified atom stereocenters. The van der Waals surface area contributed by atoms with Crippen LogP contribution in [0.3, 0.4) is 0 Å². The number of halogens is 8. The molecule has 35 heavy (non-hydrogen) atoms. The Labute approximate surface area is 199 Å². The smallest absolute Gasteiger partial charge is 0.369 e. The number of aromatic nitrogens is 1. The molecule has 1 aromatic heterocycles. The molecule has 12 heteroatoms. The number of aliphatic hydroxyl groups is 1. The van der Waals surface area contributed by atoms with Gasteiger partial charge in [-0.15, -0.1) is 0 Å². The lowest BCUT2D eigenvalue weighted by Crippen LogP contribution is -2.62. The first-order valence-corrected chi connectivity index (χ1v) is 10.4. The van der Waals surface area contributed by atoms with Crippen LogP contribution in [0.4, 0.5) is 36.4 Å². The van der Waals surface area contributed by atoms with Gasteiger partial charge in [0, 0.05) is 18.2 Å². The van der Waals surface area contributed by atoms with Crippen LogP contribution in [0.1, 0.15) is 18.0 Å². The summed E-state index contributed by atoms with van der Waals surface area (Å²) < 4.78 is 94.3. The van der Waals surface area contributed by atoms with Crippen molar-refractivity contribution in [1.29, 1.82) is 0 Å². The van der Waals surface area contributed by atoms with Gasteiger partial charge in [-0.2, -0.15) is 31.4 Å². The van der Waals surface area contributed by atoms with Crippen molar-refractivity contribution in [2.24, 2.45) is 5.10 Å². The maximum atomic E-state index is 13.5. The fraction of sp³-hybridized carbons (Fsp3) is 0.217. The molecule has 0 amide bonds. The second-order valence-electron chi connectivity index (χ2n) is 7.75. The summed E-state index contributed by atoms with van der Waals surface area (Å²) in [5.74, 6) is -0.460. The summed E-state index contributed by atoms with van der Waals surface area (Å²) in [6.07, 6.45) is -11.8. The van der Waals surface area contributed by atoms with Gasteiger partial charge in [-0.05, 0) is 48.0 Å². The minimum absolute atomic E-state index is 0.0287. The average Bonchev–Trinajstić information content (AvgIpc) is 3.23. The lowest BCUT2D eigenvalue weighted by molar-refractivity contribution is -0.338. The van der Waals surface area contributed by atoms with E-state index in [1.165, 1.54) is 66.9 Å². The molecule has 0 spiro atoms. The number of hydrogen-bond donors (Lipinski definition) is 1. The van der Waals surface area contributed by atoms with E-state index >= 15 is 0 Å². The maximum Gasteiger partial charge on any atom is 0.431 e. The van der Waals surface area contributed by atoms with Gasteiger partial charge in [0.15, 0.2) is 0 Å². The van der Waals surface area contributed by atoms with E-state index < -0.39 is 41.9 Å². The molecule has 4 rings (SSSR count). The lowest BCUT2D eigenvalue weighted by atomic mass is 9.90. The molecule has 0 saturated heterocycles. The molecule has 3 aromatic rings. The van der Waals surface area contributed by atoms with Gasteiger partial charge in [-0.3, -0.25) is 9.99 Å². The first kappa shape index (κ1) is 24.9. The summed E-state index contributed by atoms with van der Waals surface area (Å²) in [5.41, 5.74) is -5.46. The summed E-state index contributed by atoms with van der Waals surface area (Å²) in [4.78, 5) is 4.22. The van der Waals surface area contributed by atoms with Crippen molar-refractivity contribution in [3.63, 3.8) is 0 Å². The van der Waals surface area contributed by atoms with Crippen LogP contribution in [-0.2, 0) is 0 Å². The van der Waals surface area contributed by atoms with Gasteiger partial charge < -0.3 is 5.11 Å². The third-order valence-electron chi connectivity index (χ3n) is 5.56. The van der Waals surface area contributed by atoms with E-state index in [1.54, 1.807) is 0 Å². The van der Waals surface area contributed by atoms with E-state index in [1.807, 2.05) is 0 Å². The van der Waals surface area contributed by atoms with E-state index in [0.717, 1.165) is 5.01 Å². The van der Waals surface area contributed by atoms with Gasteiger partial charge in [0.05, 0.1) is 28.2 Å². The molecule has 0 bridgehead atoms. The Hall–Kier alpha value is -3.18. The second-order valence-corrected chi connectivity index (χ2v) is 8.16. The van der Waals surface area contributed by atoms with Gasteiger partial charge in [0.1, 0.15) is 5.82 Å². The summed E-state index contributed by atoms with van der Waals surface area (Å²) in [5, 5.41) is 14.4. The van der Waals surface area contributed by atoms with Crippen LogP contribution in [0.25, 0.3) is 11.3 Å². The molecular weight excluding hydrogens is 503 g/mol. The lowest BCUT2D eigenvalue weighted by Gasteiger charge is -2.32. The Morgan fingerprint density at radius 2 is 1.51 bits per heavy atom. The number of hydrogen-bond acceptors (Lipinski definition) is 4. The molecule has 0 radical (unpaired) electrons. The predicted molar refractivity (Wildman–Crippen MR) is 115 cm³/mol. The van der Waals surface area contributed by atoms with E-state index in [9.17, 15) is 35.8 Å². The fourth-order valence-corrected chi connectivity index (χ4v) is 3.95. The van der Waals surface area contributed by atoms with Crippen molar-refractivity contribution in [2.45, 2.75) is 30.4 Å². The number of rotatable bonds is 4. The zero-order chi connectivity index (χ0) is 25.6. The third-order valence-corrected chi connectivity index (χ3v) is 5.88. The number of nitrogens with zero attached hydrogens (tertiary/aromatic N) is 3. The summed E-state index contributed by atoms with van der Waals surface area (Å²) in [7, 11) is 0. The van der Waals surface area contributed by atoms with E-state index in [2.05, 4.69) is 10.1 Å². The topological polar surface area (TPSA) is 48.7 Å². The van der Waals surface area contributed by atoms with Crippen molar-refractivity contribution >= 4 is 23.0 Å². The fourth-order valence-electron chi connectivity index (χ4n) is 3.73. The summed E-state index contributed by atoms with van der Waals surface area (Å²) in [6, 6.07) is 12.9. The minimum Gasteiger partial charge on any atom is -0.369 e. The zero-order valence-electron chi connectivity index (χ0n) is 17.4. The van der Waals surface area contributed by atoms with Crippen LogP contribution < -0.4 is 5.01 Å². The molecule has 0 aliphatic carbocycles. The normalized spacial score (nSPS) is 17.0.